The number of benzene rings is 1. The first-order valence-electron chi connectivity index (χ1n) is 7.78. The Morgan fingerprint density at radius 3 is 2.73 bits per heavy atom. The van der Waals surface area contributed by atoms with Gasteiger partial charge in [-0.1, -0.05) is 18.2 Å². The lowest BCUT2D eigenvalue weighted by molar-refractivity contribution is -0.151. The van der Waals surface area contributed by atoms with Gasteiger partial charge in [-0.05, 0) is 30.7 Å². The maximum absolute atomic E-state index is 12.1. The van der Waals surface area contributed by atoms with Gasteiger partial charge < -0.3 is 9.47 Å². The van der Waals surface area contributed by atoms with E-state index < -0.39 is 23.5 Å². The molecule has 2 aromatic rings. The highest BCUT2D eigenvalue weighted by Crippen LogP contribution is 2.18. The standard InChI is InChI=1S/C19H15NO5S/c1-12-8-17(22)18(19(23)25-12)16(21)7-4-13-2-5-15(6-3-13)24-9-14-10-26-11-20-14/h2-8,10-11,18H,9H2,1H3/b7-4+. The zero-order chi connectivity index (χ0) is 18.5. The summed E-state index contributed by atoms with van der Waals surface area (Å²) in [6, 6.07) is 7.07. The highest BCUT2D eigenvalue weighted by atomic mass is 32.1. The minimum Gasteiger partial charge on any atom is -0.487 e. The molecule has 1 unspecified atom stereocenters. The monoisotopic (exact) mass is 369 g/mol. The Morgan fingerprint density at radius 1 is 1.31 bits per heavy atom. The summed E-state index contributed by atoms with van der Waals surface area (Å²) in [4.78, 5) is 39.8. The first kappa shape index (κ1) is 17.8. The number of hydrogen-bond donors (Lipinski definition) is 0. The van der Waals surface area contributed by atoms with E-state index in [2.05, 4.69) is 4.98 Å². The molecule has 0 radical (unpaired) electrons. The average molecular weight is 369 g/mol. The van der Waals surface area contributed by atoms with Gasteiger partial charge in [0.2, 0.25) is 0 Å². The number of esters is 1. The van der Waals surface area contributed by atoms with Crippen molar-refractivity contribution in [3.05, 3.63) is 64.3 Å². The molecule has 1 atom stereocenters. The minimum absolute atomic E-state index is 0.196. The fraction of sp³-hybridized carbons (Fsp3) is 0.158. The first-order chi connectivity index (χ1) is 12.5. The number of rotatable bonds is 6. The van der Waals surface area contributed by atoms with Gasteiger partial charge in [0.05, 0.1) is 11.2 Å². The molecule has 0 N–H and O–H groups in total. The van der Waals surface area contributed by atoms with Crippen LogP contribution in [0, 0.1) is 5.92 Å². The largest absolute Gasteiger partial charge is 0.487 e. The van der Waals surface area contributed by atoms with Gasteiger partial charge in [-0.25, -0.2) is 4.98 Å². The van der Waals surface area contributed by atoms with Gasteiger partial charge in [0.1, 0.15) is 18.1 Å². The maximum Gasteiger partial charge on any atom is 0.329 e. The summed E-state index contributed by atoms with van der Waals surface area (Å²) >= 11 is 1.51. The molecule has 7 heteroatoms. The normalized spacial score (nSPS) is 17.1. The number of cyclic esters (lactones) is 1. The molecule has 1 aromatic carbocycles. The van der Waals surface area contributed by atoms with Gasteiger partial charge in [-0.15, -0.1) is 11.3 Å². The van der Waals surface area contributed by atoms with Gasteiger partial charge in [0.25, 0.3) is 0 Å². The SMILES string of the molecule is CC1=CC(=O)C(C(=O)/C=C/c2ccc(OCc3cscn3)cc2)C(=O)O1. The van der Waals surface area contributed by atoms with Gasteiger partial charge >= 0.3 is 5.97 Å². The van der Waals surface area contributed by atoms with Crippen molar-refractivity contribution in [3.8, 4) is 5.75 Å². The predicted molar refractivity (Wildman–Crippen MR) is 95.3 cm³/mol. The zero-order valence-electron chi connectivity index (χ0n) is 13.9. The molecule has 3 rings (SSSR count). The van der Waals surface area contributed by atoms with Crippen molar-refractivity contribution >= 4 is 34.9 Å². The third kappa shape index (κ3) is 4.31. The Hall–Kier alpha value is -3.06. The van der Waals surface area contributed by atoms with Gasteiger partial charge in [0, 0.05) is 11.5 Å². The number of aromatic nitrogens is 1. The lowest BCUT2D eigenvalue weighted by Crippen LogP contribution is -2.34. The summed E-state index contributed by atoms with van der Waals surface area (Å²) in [5, 5.41) is 1.91. The number of hydrogen-bond acceptors (Lipinski definition) is 7. The van der Waals surface area contributed by atoms with E-state index in [1.54, 1.807) is 29.8 Å². The summed E-state index contributed by atoms with van der Waals surface area (Å²) in [5.74, 6) is -2.55. The van der Waals surface area contributed by atoms with Crippen LogP contribution < -0.4 is 4.74 Å². The molecule has 6 nitrogen and oxygen atoms in total. The van der Waals surface area contributed by atoms with Gasteiger partial charge in [-0.3, -0.25) is 14.4 Å². The van der Waals surface area contributed by atoms with Crippen LogP contribution in [0.25, 0.3) is 6.08 Å². The van der Waals surface area contributed by atoms with Crippen LogP contribution >= 0.6 is 11.3 Å². The van der Waals surface area contributed by atoms with Crippen molar-refractivity contribution in [1.82, 2.24) is 4.98 Å². The topological polar surface area (TPSA) is 82.6 Å². The van der Waals surface area contributed by atoms with Crippen molar-refractivity contribution in [2.24, 2.45) is 5.92 Å². The van der Waals surface area contributed by atoms with E-state index >= 15 is 0 Å². The van der Waals surface area contributed by atoms with Crippen molar-refractivity contribution in [3.63, 3.8) is 0 Å². The lowest BCUT2D eigenvalue weighted by atomic mass is 9.96. The second-order valence-electron chi connectivity index (χ2n) is 5.58. The van der Waals surface area contributed by atoms with Crippen molar-refractivity contribution < 1.29 is 23.9 Å². The highest BCUT2D eigenvalue weighted by Gasteiger charge is 2.36. The number of nitrogens with zero attached hydrogens (tertiary/aromatic N) is 1. The molecule has 0 aliphatic carbocycles. The van der Waals surface area contributed by atoms with Crippen LogP contribution in [-0.4, -0.2) is 22.5 Å². The Bertz CT molecular complexity index is 881. The molecule has 1 aliphatic heterocycles. The summed E-state index contributed by atoms with van der Waals surface area (Å²) in [5.41, 5.74) is 3.34. The Balaban J connectivity index is 1.60. The molecule has 2 heterocycles. The maximum atomic E-state index is 12.1. The molecule has 0 spiro atoms. The van der Waals surface area contributed by atoms with Crippen LogP contribution in [0.4, 0.5) is 0 Å². The van der Waals surface area contributed by atoms with Gasteiger partial charge in [0.15, 0.2) is 17.5 Å². The number of ether oxygens (including phenoxy) is 2. The number of thiazole rings is 1. The van der Waals surface area contributed by atoms with Crippen LogP contribution in [0.15, 0.2) is 53.1 Å². The van der Waals surface area contributed by atoms with E-state index in [9.17, 15) is 14.4 Å². The third-order valence-corrected chi connectivity index (χ3v) is 4.24. The van der Waals surface area contributed by atoms with Crippen molar-refractivity contribution in [2.75, 3.05) is 0 Å². The van der Waals surface area contributed by atoms with Crippen LogP contribution in [0.3, 0.4) is 0 Å². The third-order valence-electron chi connectivity index (χ3n) is 3.60. The highest BCUT2D eigenvalue weighted by molar-refractivity contribution is 7.07. The quantitative estimate of drug-likeness (QED) is 0.442. The number of ketones is 2. The smallest absolute Gasteiger partial charge is 0.329 e. The van der Waals surface area contributed by atoms with Gasteiger partial charge in [-0.2, -0.15) is 0 Å². The van der Waals surface area contributed by atoms with E-state index in [1.807, 2.05) is 5.38 Å². The molecule has 26 heavy (non-hydrogen) atoms. The number of carbonyl (C=O) groups is 3. The molecule has 0 fully saturated rings. The fourth-order valence-corrected chi connectivity index (χ4v) is 2.86. The van der Waals surface area contributed by atoms with Crippen molar-refractivity contribution in [2.45, 2.75) is 13.5 Å². The minimum atomic E-state index is -1.42. The summed E-state index contributed by atoms with van der Waals surface area (Å²) in [7, 11) is 0. The molecular weight excluding hydrogens is 354 g/mol. The number of allylic oxidation sites excluding steroid dienone is 3. The first-order valence-corrected chi connectivity index (χ1v) is 8.73. The molecule has 1 aromatic heterocycles. The summed E-state index contributed by atoms with van der Waals surface area (Å²) in [6.07, 6.45) is 3.91. The van der Waals surface area contributed by atoms with E-state index in [4.69, 9.17) is 9.47 Å². The predicted octanol–water partition coefficient (Wildman–Crippen LogP) is 2.95. The Morgan fingerprint density at radius 2 is 2.08 bits per heavy atom. The van der Waals surface area contributed by atoms with Crippen LogP contribution in [0.2, 0.25) is 0 Å². The second kappa shape index (κ2) is 7.88. The average Bonchev–Trinajstić information content (AvgIpc) is 3.11. The molecule has 1 aliphatic rings. The van der Waals surface area contributed by atoms with E-state index in [-0.39, 0.29) is 5.76 Å². The summed E-state index contributed by atoms with van der Waals surface area (Å²) < 4.78 is 10.4. The number of carbonyl (C=O) groups excluding carboxylic acids is 3. The molecule has 132 valence electrons. The molecule has 0 amide bonds. The second-order valence-corrected chi connectivity index (χ2v) is 6.30. The van der Waals surface area contributed by atoms with Crippen molar-refractivity contribution in [1.29, 1.82) is 0 Å². The van der Waals surface area contributed by atoms with E-state index in [1.165, 1.54) is 30.4 Å². The van der Waals surface area contributed by atoms with Crippen LogP contribution in [-0.2, 0) is 25.7 Å². The Labute approximate surface area is 153 Å². The molecule has 0 saturated heterocycles. The summed E-state index contributed by atoms with van der Waals surface area (Å²) in [6.45, 7) is 1.88. The van der Waals surface area contributed by atoms with E-state index in [0.29, 0.717) is 12.4 Å². The molecular formula is C19H15NO5S. The fourth-order valence-electron chi connectivity index (χ4n) is 2.32. The Kier molecular flexibility index (Phi) is 5.38. The molecule has 0 bridgehead atoms. The lowest BCUT2D eigenvalue weighted by Gasteiger charge is -2.15. The zero-order valence-corrected chi connectivity index (χ0v) is 14.7. The van der Waals surface area contributed by atoms with Crippen LogP contribution in [0.1, 0.15) is 18.2 Å². The van der Waals surface area contributed by atoms with Crippen LogP contribution in [0.5, 0.6) is 5.75 Å². The van der Waals surface area contributed by atoms with E-state index in [0.717, 1.165) is 17.3 Å². The molecule has 0 saturated carbocycles.